The van der Waals surface area contributed by atoms with E-state index in [1.54, 1.807) is 6.20 Å². The molecule has 2 aromatic heterocycles. The number of carbonyl (C=O) groups excluding carboxylic acids is 1. The fourth-order valence-corrected chi connectivity index (χ4v) is 3.19. The van der Waals surface area contributed by atoms with E-state index in [1.807, 2.05) is 22.6 Å². The average Bonchev–Trinajstić information content (AvgIpc) is 2.97. The van der Waals surface area contributed by atoms with Crippen LogP contribution in [0.5, 0.6) is 0 Å². The number of aromatic nitrogens is 3. The molecule has 0 atom stereocenters. The lowest BCUT2D eigenvalue weighted by Crippen LogP contribution is -2.39. The predicted molar refractivity (Wildman–Crippen MR) is 88.4 cm³/mol. The Morgan fingerprint density at radius 1 is 1.39 bits per heavy atom. The van der Waals surface area contributed by atoms with Gasteiger partial charge in [0.1, 0.15) is 0 Å². The molecule has 6 nitrogen and oxygen atoms in total. The van der Waals surface area contributed by atoms with Gasteiger partial charge in [-0.3, -0.25) is 4.79 Å². The van der Waals surface area contributed by atoms with E-state index < -0.39 is 0 Å². The molecule has 1 fully saturated rings. The number of fused-ring (bicyclic) bond motifs is 1. The third-order valence-electron chi connectivity index (χ3n) is 4.57. The van der Waals surface area contributed by atoms with Crippen LogP contribution >= 0.6 is 0 Å². The Labute approximate surface area is 136 Å². The van der Waals surface area contributed by atoms with Crippen LogP contribution in [0.15, 0.2) is 12.3 Å². The van der Waals surface area contributed by atoms with Crippen molar-refractivity contribution in [3.05, 3.63) is 23.5 Å². The lowest BCUT2D eigenvalue weighted by Gasteiger charge is -2.31. The molecular formula is C17H24N4O2. The van der Waals surface area contributed by atoms with Crippen molar-refractivity contribution in [3.8, 4) is 0 Å². The zero-order valence-electron chi connectivity index (χ0n) is 14.0. The van der Waals surface area contributed by atoms with Gasteiger partial charge in [0.15, 0.2) is 5.65 Å². The van der Waals surface area contributed by atoms with Gasteiger partial charge in [-0.2, -0.15) is 5.10 Å². The summed E-state index contributed by atoms with van der Waals surface area (Å²) in [5.74, 6) is 0.363. The fraction of sp³-hybridized carbons (Fsp3) is 0.588. The highest BCUT2D eigenvalue weighted by Gasteiger charge is 2.25. The third kappa shape index (κ3) is 2.95. The number of rotatable bonds is 3. The summed E-state index contributed by atoms with van der Waals surface area (Å²) in [6, 6.07) is 2.06. The molecule has 1 aliphatic heterocycles. The highest BCUT2D eigenvalue weighted by Crippen LogP contribution is 2.24. The van der Waals surface area contributed by atoms with Crippen molar-refractivity contribution in [2.45, 2.75) is 39.7 Å². The maximum atomic E-state index is 12.9. The maximum Gasteiger partial charge on any atom is 0.254 e. The molecule has 0 spiro atoms. The Morgan fingerprint density at radius 2 is 2.09 bits per heavy atom. The number of carbonyl (C=O) groups is 1. The molecule has 0 unspecified atom stereocenters. The summed E-state index contributed by atoms with van der Waals surface area (Å²) in [6.07, 6.45) is 3.47. The van der Waals surface area contributed by atoms with Crippen LogP contribution in [0, 0.1) is 12.8 Å². The molecule has 3 rings (SSSR count). The first-order chi connectivity index (χ1) is 11.0. The van der Waals surface area contributed by atoms with Gasteiger partial charge in [-0.15, -0.1) is 0 Å². The lowest BCUT2D eigenvalue weighted by atomic mass is 9.97. The van der Waals surface area contributed by atoms with Crippen LogP contribution in [0.2, 0.25) is 0 Å². The van der Waals surface area contributed by atoms with E-state index in [0.717, 1.165) is 29.6 Å². The van der Waals surface area contributed by atoms with E-state index in [1.165, 1.54) is 0 Å². The molecule has 0 aromatic carbocycles. The summed E-state index contributed by atoms with van der Waals surface area (Å²) in [4.78, 5) is 19.4. The second-order valence-electron chi connectivity index (χ2n) is 6.65. The van der Waals surface area contributed by atoms with Crippen molar-refractivity contribution in [1.29, 1.82) is 0 Å². The molecular weight excluding hydrogens is 292 g/mol. The SMILES string of the molecule is Cc1cc(C(=O)N2CCC(CO)CC2)c2cnn(C(C)C)c2n1. The molecule has 124 valence electrons. The van der Waals surface area contributed by atoms with Gasteiger partial charge in [0.2, 0.25) is 0 Å². The Hall–Kier alpha value is -1.95. The van der Waals surface area contributed by atoms with Gasteiger partial charge in [0, 0.05) is 31.4 Å². The van der Waals surface area contributed by atoms with Crippen LogP contribution in [0.3, 0.4) is 0 Å². The molecule has 2 aromatic rings. The minimum Gasteiger partial charge on any atom is -0.396 e. The summed E-state index contributed by atoms with van der Waals surface area (Å²) < 4.78 is 1.86. The topological polar surface area (TPSA) is 71.2 Å². The van der Waals surface area contributed by atoms with Gasteiger partial charge in [-0.1, -0.05) is 0 Å². The monoisotopic (exact) mass is 316 g/mol. The number of likely N-dealkylation sites (tertiary alicyclic amines) is 1. The number of nitrogens with zero attached hydrogens (tertiary/aromatic N) is 4. The zero-order chi connectivity index (χ0) is 16.6. The molecule has 1 amide bonds. The van der Waals surface area contributed by atoms with Crippen molar-refractivity contribution in [1.82, 2.24) is 19.7 Å². The van der Waals surface area contributed by atoms with Gasteiger partial charge in [0.05, 0.1) is 17.1 Å². The number of aryl methyl sites for hydroxylation is 1. The summed E-state index contributed by atoms with van der Waals surface area (Å²) in [6.45, 7) is 7.62. The summed E-state index contributed by atoms with van der Waals surface area (Å²) in [5.41, 5.74) is 2.28. The first-order valence-corrected chi connectivity index (χ1v) is 8.26. The van der Waals surface area contributed by atoms with Crippen LogP contribution in [0.25, 0.3) is 11.0 Å². The fourth-order valence-electron chi connectivity index (χ4n) is 3.19. The summed E-state index contributed by atoms with van der Waals surface area (Å²) in [7, 11) is 0. The molecule has 0 radical (unpaired) electrons. The van der Waals surface area contributed by atoms with E-state index in [-0.39, 0.29) is 18.6 Å². The Bertz CT molecular complexity index is 715. The van der Waals surface area contributed by atoms with E-state index in [9.17, 15) is 9.90 Å². The second-order valence-corrected chi connectivity index (χ2v) is 6.65. The van der Waals surface area contributed by atoms with Crippen molar-refractivity contribution >= 4 is 16.9 Å². The molecule has 1 saturated heterocycles. The van der Waals surface area contributed by atoms with Crippen LogP contribution in [-0.4, -0.2) is 50.4 Å². The molecule has 0 aliphatic carbocycles. The normalized spacial score (nSPS) is 16.5. The highest BCUT2D eigenvalue weighted by atomic mass is 16.3. The van der Waals surface area contributed by atoms with E-state index in [4.69, 9.17) is 0 Å². The van der Waals surface area contributed by atoms with Crippen LogP contribution in [-0.2, 0) is 0 Å². The second kappa shape index (κ2) is 6.28. The summed E-state index contributed by atoms with van der Waals surface area (Å²) in [5, 5.41) is 14.5. The summed E-state index contributed by atoms with van der Waals surface area (Å²) >= 11 is 0. The minimum absolute atomic E-state index is 0.0418. The zero-order valence-corrected chi connectivity index (χ0v) is 14.0. The first-order valence-electron chi connectivity index (χ1n) is 8.26. The number of pyridine rings is 1. The van der Waals surface area contributed by atoms with Crippen LogP contribution < -0.4 is 0 Å². The number of piperidine rings is 1. The highest BCUT2D eigenvalue weighted by molar-refractivity contribution is 6.05. The molecule has 23 heavy (non-hydrogen) atoms. The van der Waals surface area contributed by atoms with Gasteiger partial charge < -0.3 is 10.0 Å². The molecule has 1 N–H and O–H groups in total. The van der Waals surface area contributed by atoms with Gasteiger partial charge in [-0.25, -0.2) is 9.67 Å². The Morgan fingerprint density at radius 3 is 2.70 bits per heavy atom. The van der Waals surface area contributed by atoms with Crippen molar-refractivity contribution in [2.75, 3.05) is 19.7 Å². The number of amides is 1. The molecule has 0 bridgehead atoms. The van der Waals surface area contributed by atoms with Gasteiger partial charge in [0.25, 0.3) is 5.91 Å². The molecule has 0 saturated carbocycles. The van der Waals surface area contributed by atoms with Crippen molar-refractivity contribution < 1.29 is 9.90 Å². The lowest BCUT2D eigenvalue weighted by molar-refractivity contribution is 0.0652. The quantitative estimate of drug-likeness (QED) is 0.942. The van der Waals surface area contributed by atoms with E-state index >= 15 is 0 Å². The average molecular weight is 316 g/mol. The smallest absolute Gasteiger partial charge is 0.254 e. The van der Waals surface area contributed by atoms with Crippen molar-refractivity contribution in [2.24, 2.45) is 5.92 Å². The van der Waals surface area contributed by atoms with Crippen LogP contribution in [0.4, 0.5) is 0 Å². The number of hydrogen-bond donors (Lipinski definition) is 1. The molecule has 6 heteroatoms. The standard InChI is InChI=1S/C17H24N4O2/c1-11(2)21-16-15(9-18-21)14(8-12(3)19-16)17(23)20-6-4-13(10-22)5-7-20/h8-9,11,13,22H,4-7,10H2,1-3H3. The Kier molecular flexibility index (Phi) is 4.35. The van der Waals surface area contributed by atoms with Gasteiger partial charge in [-0.05, 0) is 45.6 Å². The minimum atomic E-state index is 0.0418. The van der Waals surface area contributed by atoms with Crippen LogP contribution in [0.1, 0.15) is 48.8 Å². The maximum absolute atomic E-state index is 12.9. The first kappa shape index (κ1) is 15.9. The largest absolute Gasteiger partial charge is 0.396 e. The predicted octanol–water partition coefficient (Wildman–Crippen LogP) is 2.17. The number of hydrogen-bond acceptors (Lipinski definition) is 4. The number of aliphatic hydroxyl groups excluding tert-OH is 1. The van der Waals surface area contributed by atoms with Crippen molar-refractivity contribution in [3.63, 3.8) is 0 Å². The molecule has 1 aliphatic rings. The Balaban J connectivity index is 1.95. The molecule has 3 heterocycles. The number of aliphatic hydroxyl groups is 1. The van der Waals surface area contributed by atoms with E-state index in [2.05, 4.69) is 23.9 Å². The third-order valence-corrected chi connectivity index (χ3v) is 4.57. The van der Waals surface area contributed by atoms with Gasteiger partial charge >= 0.3 is 0 Å². The van der Waals surface area contributed by atoms with E-state index in [0.29, 0.717) is 24.6 Å².